The third kappa shape index (κ3) is 5.30. The number of aliphatic imine (C=N–C) groups is 1. The lowest BCUT2D eigenvalue weighted by atomic mass is 10.4. The maximum atomic E-state index is 11.6. The van der Waals surface area contributed by atoms with Gasteiger partial charge in [0.05, 0.1) is 6.54 Å². The average molecular weight is 280 g/mol. The van der Waals surface area contributed by atoms with Gasteiger partial charge < -0.3 is 16.0 Å². The fourth-order valence-electron chi connectivity index (χ4n) is 1.58. The van der Waals surface area contributed by atoms with Crippen molar-refractivity contribution in [3.8, 4) is 0 Å². The molecule has 6 heteroatoms. The second-order valence-corrected chi connectivity index (χ2v) is 5.50. The summed E-state index contributed by atoms with van der Waals surface area (Å²) in [5.41, 5.74) is 0. The molecular weight excluding hydrogens is 260 g/mol. The van der Waals surface area contributed by atoms with Crippen LogP contribution in [0.1, 0.15) is 24.6 Å². The van der Waals surface area contributed by atoms with E-state index in [1.165, 1.54) is 4.88 Å². The van der Waals surface area contributed by atoms with Gasteiger partial charge in [0, 0.05) is 17.5 Å². The summed E-state index contributed by atoms with van der Waals surface area (Å²) in [6, 6.07) is 4.49. The number of nitrogens with zero attached hydrogens (tertiary/aromatic N) is 1. The number of rotatable bonds is 6. The Labute approximate surface area is 117 Å². The van der Waals surface area contributed by atoms with E-state index < -0.39 is 0 Å². The van der Waals surface area contributed by atoms with E-state index in [9.17, 15) is 4.79 Å². The van der Waals surface area contributed by atoms with Crippen LogP contribution in [-0.4, -0.2) is 31.0 Å². The Morgan fingerprint density at radius 1 is 1.47 bits per heavy atom. The SMILES string of the molecule is CCNC(=NCC(=O)NC1CC1)NCc1cccs1. The first kappa shape index (κ1) is 13.9. The van der Waals surface area contributed by atoms with E-state index in [1.54, 1.807) is 11.3 Å². The van der Waals surface area contributed by atoms with Crippen LogP contribution in [0.4, 0.5) is 0 Å². The van der Waals surface area contributed by atoms with E-state index in [4.69, 9.17) is 0 Å². The van der Waals surface area contributed by atoms with Gasteiger partial charge in [-0.25, -0.2) is 4.99 Å². The van der Waals surface area contributed by atoms with Gasteiger partial charge in [0.25, 0.3) is 0 Å². The molecule has 0 atom stereocenters. The molecule has 0 aliphatic heterocycles. The minimum absolute atomic E-state index is 0.00386. The van der Waals surface area contributed by atoms with Crippen LogP contribution in [0, 0.1) is 0 Å². The van der Waals surface area contributed by atoms with E-state index >= 15 is 0 Å². The maximum absolute atomic E-state index is 11.6. The monoisotopic (exact) mass is 280 g/mol. The van der Waals surface area contributed by atoms with Crippen molar-refractivity contribution in [3.63, 3.8) is 0 Å². The van der Waals surface area contributed by atoms with Crippen molar-refractivity contribution in [2.45, 2.75) is 32.4 Å². The van der Waals surface area contributed by atoms with Crippen LogP contribution in [-0.2, 0) is 11.3 Å². The molecule has 1 aromatic heterocycles. The van der Waals surface area contributed by atoms with E-state index in [-0.39, 0.29) is 12.5 Å². The Morgan fingerprint density at radius 3 is 2.95 bits per heavy atom. The highest BCUT2D eigenvalue weighted by Crippen LogP contribution is 2.18. The fraction of sp³-hybridized carbons (Fsp3) is 0.538. The summed E-state index contributed by atoms with van der Waals surface area (Å²) in [6.45, 7) is 3.69. The van der Waals surface area contributed by atoms with Gasteiger partial charge in [0.15, 0.2) is 5.96 Å². The zero-order chi connectivity index (χ0) is 13.5. The third-order valence-electron chi connectivity index (χ3n) is 2.68. The Bertz CT molecular complexity index is 426. The van der Waals surface area contributed by atoms with Crippen LogP contribution in [0.15, 0.2) is 22.5 Å². The molecule has 1 aliphatic carbocycles. The quantitative estimate of drug-likeness (QED) is 0.540. The van der Waals surface area contributed by atoms with E-state index in [0.717, 1.165) is 25.9 Å². The molecule has 2 rings (SSSR count). The molecular formula is C13H20N4OS. The zero-order valence-corrected chi connectivity index (χ0v) is 11.9. The van der Waals surface area contributed by atoms with Crippen LogP contribution in [0.3, 0.4) is 0 Å². The largest absolute Gasteiger partial charge is 0.357 e. The summed E-state index contributed by atoms with van der Waals surface area (Å²) < 4.78 is 0. The van der Waals surface area contributed by atoms with Crippen LogP contribution in [0.25, 0.3) is 0 Å². The average Bonchev–Trinajstić information content (AvgIpc) is 3.05. The molecule has 0 saturated heterocycles. The van der Waals surface area contributed by atoms with E-state index in [1.807, 2.05) is 18.4 Å². The van der Waals surface area contributed by atoms with E-state index in [2.05, 4.69) is 27.0 Å². The standard InChI is InChI=1S/C13H20N4OS/c1-2-14-13(15-8-11-4-3-7-19-11)16-9-12(18)17-10-5-6-10/h3-4,7,10H,2,5-6,8-9H2,1H3,(H,17,18)(H2,14,15,16). The molecule has 1 aliphatic rings. The fourth-order valence-corrected chi connectivity index (χ4v) is 2.22. The highest BCUT2D eigenvalue weighted by Gasteiger charge is 2.22. The van der Waals surface area contributed by atoms with Crippen molar-refractivity contribution in [1.29, 1.82) is 0 Å². The van der Waals surface area contributed by atoms with Gasteiger partial charge in [0.1, 0.15) is 6.54 Å². The number of nitrogens with one attached hydrogen (secondary N) is 3. The number of carbonyl (C=O) groups is 1. The van der Waals surface area contributed by atoms with Crippen molar-refractivity contribution < 1.29 is 4.79 Å². The van der Waals surface area contributed by atoms with Gasteiger partial charge in [-0.2, -0.15) is 0 Å². The summed E-state index contributed by atoms with van der Waals surface area (Å²) in [5.74, 6) is 0.678. The maximum Gasteiger partial charge on any atom is 0.242 e. The second-order valence-electron chi connectivity index (χ2n) is 4.47. The summed E-state index contributed by atoms with van der Waals surface area (Å²) in [7, 11) is 0. The number of hydrogen-bond donors (Lipinski definition) is 3. The van der Waals surface area contributed by atoms with Crippen LogP contribution in [0.5, 0.6) is 0 Å². The Morgan fingerprint density at radius 2 is 2.32 bits per heavy atom. The molecule has 1 saturated carbocycles. The molecule has 19 heavy (non-hydrogen) atoms. The highest BCUT2D eigenvalue weighted by molar-refractivity contribution is 7.09. The highest BCUT2D eigenvalue weighted by atomic mass is 32.1. The molecule has 1 aromatic rings. The Balaban J connectivity index is 1.77. The molecule has 0 radical (unpaired) electrons. The number of hydrogen-bond acceptors (Lipinski definition) is 3. The van der Waals surface area contributed by atoms with Gasteiger partial charge in [-0.15, -0.1) is 11.3 Å². The summed E-state index contributed by atoms with van der Waals surface area (Å²) in [4.78, 5) is 17.1. The second kappa shape index (κ2) is 7.13. The van der Waals surface area contributed by atoms with Crippen molar-refractivity contribution in [2.75, 3.05) is 13.1 Å². The van der Waals surface area contributed by atoms with Crippen molar-refractivity contribution in [3.05, 3.63) is 22.4 Å². The normalized spacial score (nSPS) is 15.1. The molecule has 3 N–H and O–H groups in total. The van der Waals surface area contributed by atoms with Crippen molar-refractivity contribution in [1.82, 2.24) is 16.0 Å². The molecule has 0 unspecified atom stereocenters. The van der Waals surface area contributed by atoms with Gasteiger partial charge in [0.2, 0.25) is 5.91 Å². The van der Waals surface area contributed by atoms with Crippen molar-refractivity contribution in [2.24, 2.45) is 4.99 Å². The number of amides is 1. The van der Waals surface area contributed by atoms with Crippen LogP contribution >= 0.6 is 11.3 Å². The Hall–Kier alpha value is -1.56. The Kier molecular flexibility index (Phi) is 5.20. The minimum atomic E-state index is -0.00386. The van der Waals surface area contributed by atoms with Crippen molar-refractivity contribution >= 4 is 23.2 Å². The van der Waals surface area contributed by atoms with Crippen LogP contribution in [0.2, 0.25) is 0 Å². The third-order valence-corrected chi connectivity index (χ3v) is 3.55. The lowest BCUT2D eigenvalue weighted by molar-refractivity contribution is -0.119. The molecule has 1 fully saturated rings. The summed E-state index contributed by atoms with van der Waals surface area (Å²) >= 11 is 1.70. The molecule has 1 heterocycles. The summed E-state index contributed by atoms with van der Waals surface area (Å²) in [5, 5.41) is 11.3. The van der Waals surface area contributed by atoms with Gasteiger partial charge in [-0.3, -0.25) is 4.79 Å². The number of guanidine groups is 1. The molecule has 104 valence electrons. The predicted molar refractivity (Wildman–Crippen MR) is 78.3 cm³/mol. The topological polar surface area (TPSA) is 65.5 Å². The lowest BCUT2D eigenvalue weighted by Gasteiger charge is -2.10. The first-order valence-corrected chi connectivity index (χ1v) is 7.50. The first-order chi connectivity index (χ1) is 9.28. The van der Waals surface area contributed by atoms with Crippen LogP contribution < -0.4 is 16.0 Å². The lowest BCUT2D eigenvalue weighted by Crippen LogP contribution is -2.38. The molecule has 0 aromatic carbocycles. The van der Waals surface area contributed by atoms with Gasteiger partial charge in [-0.1, -0.05) is 6.07 Å². The number of carbonyl (C=O) groups excluding carboxylic acids is 1. The molecule has 1 amide bonds. The molecule has 0 bridgehead atoms. The van der Waals surface area contributed by atoms with Gasteiger partial charge >= 0.3 is 0 Å². The molecule has 5 nitrogen and oxygen atoms in total. The zero-order valence-electron chi connectivity index (χ0n) is 11.1. The van der Waals surface area contributed by atoms with E-state index in [0.29, 0.717) is 12.0 Å². The molecule has 0 spiro atoms. The smallest absolute Gasteiger partial charge is 0.242 e. The first-order valence-electron chi connectivity index (χ1n) is 6.62. The number of thiophene rings is 1. The summed E-state index contributed by atoms with van der Waals surface area (Å²) in [6.07, 6.45) is 2.21. The van der Waals surface area contributed by atoms with Gasteiger partial charge in [-0.05, 0) is 31.2 Å². The minimum Gasteiger partial charge on any atom is -0.357 e. The predicted octanol–water partition coefficient (Wildman–Crippen LogP) is 1.08.